The third kappa shape index (κ3) is 1.42. The van der Waals surface area contributed by atoms with Crippen LogP contribution >= 0.6 is 12.6 Å². The van der Waals surface area contributed by atoms with Crippen LogP contribution in [0.1, 0.15) is 0 Å². The third-order valence-corrected chi connectivity index (χ3v) is 1.41. The number of rotatable bonds is 1. The van der Waals surface area contributed by atoms with Crippen molar-refractivity contribution >= 4 is 12.6 Å². The normalized spacial score (nSPS) is 9.50. The van der Waals surface area contributed by atoms with Crippen LogP contribution in [-0.4, -0.2) is 7.11 Å². The standard InChI is InChI=1S/C7H7FOS/c1-9-7-3-2-5(10)4-6(7)8/h2-4,10H,1H3. The van der Waals surface area contributed by atoms with Crippen molar-refractivity contribution < 1.29 is 9.13 Å². The first-order valence-corrected chi connectivity index (χ1v) is 3.21. The highest BCUT2D eigenvalue weighted by molar-refractivity contribution is 7.80. The maximum absolute atomic E-state index is 12.7. The fourth-order valence-corrected chi connectivity index (χ4v) is 0.843. The van der Waals surface area contributed by atoms with Crippen molar-refractivity contribution in [2.75, 3.05) is 7.11 Å². The lowest BCUT2D eigenvalue weighted by molar-refractivity contribution is 0.385. The second kappa shape index (κ2) is 2.92. The molecule has 1 aromatic carbocycles. The van der Waals surface area contributed by atoms with Gasteiger partial charge in [0.1, 0.15) is 0 Å². The summed E-state index contributed by atoms with van der Waals surface area (Å²) in [6.45, 7) is 0. The molecule has 0 aliphatic carbocycles. The molecular weight excluding hydrogens is 151 g/mol. The first-order valence-electron chi connectivity index (χ1n) is 2.76. The Hall–Kier alpha value is -0.700. The molecule has 0 unspecified atom stereocenters. The third-order valence-electron chi connectivity index (χ3n) is 1.14. The molecule has 54 valence electrons. The van der Waals surface area contributed by atoms with Crippen LogP contribution in [0.3, 0.4) is 0 Å². The number of benzene rings is 1. The van der Waals surface area contributed by atoms with E-state index in [0.29, 0.717) is 4.90 Å². The van der Waals surface area contributed by atoms with Crippen molar-refractivity contribution in [2.24, 2.45) is 0 Å². The molecule has 0 aliphatic rings. The Morgan fingerprint density at radius 1 is 1.50 bits per heavy atom. The number of hydrogen-bond donors (Lipinski definition) is 1. The van der Waals surface area contributed by atoms with Crippen LogP contribution in [0.25, 0.3) is 0 Å². The van der Waals surface area contributed by atoms with Gasteiger partial charge in [0.2, 0.25) is 0 Å². The fraction of sp³-hybridized carbons (Fsp3) is 0.143. The summed E-state index contributed by atoms with van der Waals surface area (Å²) >= 11 is 3.94. The molecule has 0 amide bonds. The van der Waals surface area contributed by atoms with Gasteiger partial charge in [0.25, 0.3) is 0 Å². The average molecular weight is 158 g/mol. The zero-order valence-corrected chi connectivity index (χ0v) is 6.36. The highest BCUT2D eigenvalue weighted by Gasteiger charge is 1.99. The van der Waals surface area contributed by atoms with E-state index in [9.17, 15) is 4.39 Å². The highest BCUT2D eigenvalue weighted by atomic mass is 32.1. The molecule has 0 fully saturated rings. The van der Waals surface area contributed by atoms with E-state index in [0.717, 1.165) is 0 Å². The molecule has 0 atom stereocenters. The predicted molar refractivity (Wildman–Crippen MR) is 40.2 cm³/mol. The summed E-state index contributed by atoms with van der Waals surface area (Å²) in [5.74, 6) is -0.132. The molecule has 1 rings (SSSR count). The summed E-state index contributed by atoms with van der Waals surface area (Å²) < 4.78 is 17.4. The van der Waals surface area contributed by atoms with Crippen molar-refractivity contribution in [3.63, 3.8) is 0 Å². The second-order valence-electron chi connectivity index (χ2n) is 1.82. The largest absolute Gasteiger partial charge is 0.494 e. The lowest BCUT2D eigenvalue weighted by atomic mass is 10.3. The summed E-state index contributed by atoms with van der Waals surface area (Å²) in [5, 5.41) is 0. The zero-order valence-electron chi connectivity index (χ0n) is 5.47. The van der Waals surface area contributed by atoms with Crippen LogP contribution < -0.4 is 4.74 Å². The number of thiol groups is 1. The number of hydrogen-bond acceptors (Lipinski definition) is 2. The molecule has 1 nitrogen and oxygen atoms in total. The quantitative estimate of drug-likeness (QED) is 0.616. The van der Waals surface area contributed by atoms with Gasteiger partial charge in [-0.2, -0.15) is 0 Å². The monoisotopic (exact) mass is 158 g/mol. The smallest absolute Gasteiger partial charge is 0.166 e. The van der Waals surface area contributed by atoms with Gasteiger partial charge in [0, 0.05) is 4.90 Å². The summed E-state index contributed by atoms with van der Waals surface area (Å²) in [4.78, 5) is 0.596. The van der Waals surface area contributed by atoms with E-state index in [-0.39, 0.29) is 11.6 Å². The summed E-state index contributed by atoms with van der Waals surface area (Å²) in [6, 6.07) is 4.52. The maximum Gasteiger partial charge on any atom is 0.166 e. The SMILES string of the molecule is COc1ccc(S)cc1F. The summed E-state index contributed by atoms with van der Waals surface area (Å²) in [5.41, 5.74) is 0. The van der Waals surface area contributed by atoms with Crippen molar-refractivity contribution in [3.8, 4) is 5.75 Å². The van der Waals surface area contributed by atoms with Crippen LogP contribution in [0.2, 0.25) is 0 Å². The number of halogens is 1. The van der Waals surface area contributed by atoms with Crippen LogP contribution in [0, 0.1) is 5.82 Å². The molecule has 10 heavy (non-hydrogen) atoms. The van der Waals surface area contributed by atoms with Crippen LogP contribution in [0.4, 0.5) is 4.39 Å². The van der Waals surface area contributed by atoms with E-state index in [1.807, 2.05) is 0 Å². The molecule has 0 spiro atoms. The van der Waals surface area contributed by atoms with Crippen molar-refractivity contribution in [1.82, 2.24) is 0 Å². The van der Waals surface area contributed by atoms with E-state index in [4.69, 9.17) is 4.74 Å². The molecule has 1 aromatic rings. The van der Waals surface area contributed by atoms with Gasteiger partial charge in [-0.15, -0.1) is 12.6 Å². The summed E-state index contributed by atoms with van der Waals surface area (Å²) in [6.07, 6.45) is 0. The van der Waals surface area contributed by atoms with Crippen molar-refractivity contribution in [3.05, 3.63) is 24.0 Å². The first kappa shape index (κ1) is 7.41. The Balaban J connectivity index is 3.07. The number of ether oxygens (including phenoxy) is 1. The Morgan fingerprint density at radius 3 is 2.70 bits per heavy atom. The van der Waals surface area contributed by atoms with Gasteiger partial charge in [0.15, 0.2) is 11.6 Å². The Morgan fingerprint density at radius 2 is 2.20 bits per heavy atom. The predicted octanol–water partition coefficient (Wildman–Crippen LogP) is 2.12. The minimum atomic E-state index is -0.380. The molecule has 0 N–H and O–H groups in total. The van der Waals surface area contributed by atoms with E-state index in [2.05, 4.69) is 12.6 Å². The number of methoxy groups -OCH3 is 1. The van der Waals surface area contributed by atoms with E-state index >= 15 is 0 Å². The topological polar surface area (TPSA) is 9.23 Å². The molecule has 0 saturated carbocycles. The van der Waals surface area contributed by atoms with E-state index < -0.39 is 0 Å². The average Bonchev–Trinajstić information content (AvgIpc) is 1.88. The van der Waals surface area contributed by atoms with Crippen LogP contribution in [0.5, 0.6) is 5.75 Å². The maximum atomic E-state index is 12.7. The van der Waals surface area contributed by atoms with Crippen LogP contribution in [-0.2, 0) is 0 Å². The Bertz CT molecular complexity index is 237. The molecule has 0 saturated heterocycles. The van der Waals surface area contributed by atoms with Gasteiger partial charge in [-0.25, -0.2) is 4.39 Å². The van der Waals surface area contributed by atoms with Gasteiger partial charge in [-0.05, 0) is 18.2 Å². The molecule has 3 heteroatoms. The Labute approximate surface area is 64.2 Å². The van der Waals surface area contributed by atoms with Gasteiger partial charge in [-0.1, -0.05) is 0 Å². The van der Waals surface area contributed by atoms with Gasteiger partial charge in [0.05, 0.1) is 7.11 Å². The highest BCUT2D eigenvalue weighted by Crippen LogP contribution is 2.18. The lowest BCUT2D eigenvalue weighted by Gasteiger charge is -2.00. The zero-order chi connectivity index (χ0) is 7.56. The van der Waals surface area contributed by atoms with E-state index in [1.165, 1.54) is 19.2 Å². The minimum absolute atomic E-state index is 0.248. The minimum Gasteiger partial charge on any atom is -0.494 e. The van der Waals surface area contributed by atoms with Crippen molar-refractivity contribution in [1.29, 1.82) is 0 Å². The Kier molecular flexibility index (Phi) is 2.17. The second-order valence-corrected chi connectivity index (χ2v) is 2.34. The molecule has 0 aliphatic heterocycles. The first-order chi connectivity index (χ1) is 4.74. The summed E-state index contributed by atoms with van der Waals surface area (Å²) in [7, 11) is 1.43. The van der Waals surface area contributed by atoms with Gasteiger partial charge in [-0.3, -0.25) is 0 Å². The lowest BCUT2D eigenvalue weighted by Crippen LogP contribution is -1.86. The van der Waals surface area contributed by atoms with Gasteiger partial charge < -0.3 is 4.74 Å². The van der Waals surface area contributed by atoms with Crippen molar-refractivity contribution in [2.45, 2.75) is 4.90 Å². The molecule has 0 radical (unpaired) electrons. The fourth-order valence-electron chi connectivity index (χ4n) is 0.655. The molecule has 0 heterocycles. The molecule has 0 aromatic heterocycles. The van der Waals surface area contributed by atoms with Gasteiger partial charge >= 0.3 is 0 Å². The molecular formula is C7H7FOS. The van der Waals surface area contributed by atoms with E-state index in [1.54, 1.807) is 6.07 Å². The van der Waals surface area contributed by atoms with Crippen LogP contribution in [0.15, 0.2) is 23.1 Å². The molecule has 0 bridgehead atoms.